The zero-order valence-electron chi connectivity index (χ0n) is 23.4. The van der Waals surface area contributed by atoms with Crippen molar-refractivity contribution in [2.75, 3.05) is 26.2 Å². The van der Waals surface area contributed by atoms with Crippen molar-refractivity contribution in [3.63, 3.8) is 0 Å². The van der Waals surface area contributed by atoms with Crippen LogP contribution in [0.25, 0.3) is 0 Å². The van der Waals surface area contributed by atoms with Gasteiger partial charge in [-0.05, 0) is 30.2 Å². The Hall–Kier alpha value is -4.99. The second-order valence-corrected chi connectivity index (χ2v) is 11.5. The molecule has 16 heteroatoms. The first-order valence-electron chi connectivity index (χ1n) is 13.7. The topological polar surface area (TPSA) is 189 Å². The van der Waals surface area contributed by atoms with Crippen molar-refractivity contribution in [3.8, 4) is 0 Å². The average molecular weight is 625 g/mol. The van der Waals surface area contributed by atoms with E-state index in [1.54, 1.807) is 37.3 Å². The summed E-state index contributed by atoms with van der Waals surface area (Å²) in [5.41, 5.74) is 0.860. The summed E-state index contributed by atoms with van der Waals surface area (Å²) in [5, 5.41) is 14.7. The molecule has 0 unspecified atom stereocenters. The second kappa shape index (κ2) is 12.7. The van der Waals surface area contributed by atoms with Crippen molar-refractivity contribution in [2.24, 2.45) is 0 Å². The summed E-state index contributed by atoms with van der Waals surface area (Å²) in [5.74, 6) is -3.50. The Morgan fingerprint density at radius 2 is 1.75 bits per heavy atom. The third-order valence-electron chi connectivity index (χ3n) is 7.50. The Morgan fingerprint density at radius 3 is 2.41 bits per heavy atom. The number of carbonyl (C=O) groups excluding carboxylic acids is 6. The lowest BCUT2D eigenvalue weighted by molar-refractivity contribution is -0.384. The Morgan fingerprint density at radius 1 is 1.05 bits per heavy atom. The molecule has 3 saturated heterocycles. The molecule has 15 nitrogen and oxygen atoms in total. The number of hydrogen-bond donors (Lipinski definition) is 2. The zero-order valence-corrected chi connectivity index (χ0v) is 24.2. The molecule has 0 saturated carbocycles. The summed E-state index contributed by atoms with van der Waals surface area (Å²) < 4.78 is 5.35. The number of urea groups is 1. The molecule has 0 aliphatic carbocycles. The lowest BCUT2D eigenvalue weighted by atomic mass is 10.0. The maximum absolute atomic E-state index is 13.5. The van der Waals surface area contributed by atoms with Gasteiger partial charge in [0.15, 0.2) is 0 Å². The Kier molecular flexibility index (Phi) is 8.80. The number of benzene rings is 2. The number of nitro groups is 1. The lowest BCUT2D eigenvalue weighted by Crippen LogP contribution is -2.68. The number of β-lactam (4-membered cyclic amide) rings is 1. The molecule has 44 heavy (non-hydrogen) atoms. The van der Waals surface area contributed by atoms with Crippen molar-refractivity contribution >= 4 is 53.1 Å². The van der Waals surface area contributed by atoms with E-state index in [0.717, 1.165) is 16.7 Å². The molecular weight excluding hydrogens is 596 g/mol. The van der Waals surface area contributed by atoms with E-state index in [4.69, 9.17) is 4.74 Å². The molecule has 2 aromatic rings. The number of non-ortho nitro benzene ring substituents is 1. The number of amides is 6. The Bertz CT molecular complexity index is 1500. The summed E-state index contributed by atoms with van der Waals surface area (Å²) >= 11 is 1.15. The monoisotopic (exact) mass is 624 g/mol. The van der Waals surface area contributed by atoms with Gasteiger partial charge in [0.05, 0.1) is 4.92 Å². The van der Waals surface area contributed by atoms with E-state index in [-0.39, 0.29) is 31.9 Å². The van der Waals surface area contributed by atoms with Gasteiger partial charge in [-0.1, -0.05) is 30.3 Å². The van der Waals surface area contributed by atoms with Crippen molar-refractivity contribution in [1.29, 1.82) is 0 Å². The first kappa shape index (κ1) is 30.5. The van der Waals surface area contributed by atoms with Gasteiger partial charge in [-0.25, -0.2) is 4.79 Å². The first-order chi connectivity index (χ1) is 21.1. The molecule has 3 fully saturated rings. The molecule has 2 N–H and O–H groups in total. The molecule has 4 atom stereocenters. The number of piperazine rings is 1. The van der Waals surface area contributed by atoms with Gasteiger partial charge in [-0.2, -0.15) is 0 Å². The number of fused-ring (bicyclic) bond motifs is 1. The van der Waals surface area contributed by atoms with Gasteiger partial charge in [0.2, 0.25) is 11.8 Å². The van der Waals surface area contributed by atoms with Crippen LogP contribution in [0.2, 0.25) is 0 Å². The highest BCUT2D eigenvalue weighted by Gasteiger charge is 2.56. The van der Waals surface area contributed by atoms with Crippen LogP contribution in [0, 0.1) is 10.1 Å². The van der Waals surface area contributed by atoms with Gasteiger partial charge in [0, 0.05) is 38.3 Å². The fourth-order valence-electron chi connectivity index (χ4n) is 5.04. The lowest BCUT2D eigenvalue weighted by Gasteiger charge is -2.42. The van der Waals surface area contributed by atoms with E-state index < -0.39 is 63.3 Å². The minimum absolute atomic E-state index is 0.0379. The zero-order chi connectivity index (χ0) is 31.5. The van der Waals surface area contributed by atoms with Crippen LogP contribution in [0.1, 0.15) is 24.1 Å². The van der Waals surface area contributed by atoms with Gasteiger partial charge < -0.3 is 25.2 Å². The number of carbonyl (C=O) groups is 6. The van der Waals surface area contributed by atoms with Crippen LogP contribution in [0.5, 0.6) is 0 Å². The molecule has 230 valence electrons. The second-order valence-electron chi connectivity index (χ2n) is 10.2. The van der Waals surface area contributed by atoms with Gasteiger partial charge in [-0.3, -0.25) is 39.0 Å². The molecule has 0 spiro atoms. The highest BCUT2D eigenvalue weighted by molar-refractivity contribution is 8.01. The maximum atomic E-state index is 13.5. The largest absolute Gasteiger partial charge is 0.460 e. The predicted molar refractivity (Wildman–Crippen MR) is 153 cm³/mol. The standard InChI is InChI=1S/C28H28N6O9S/c1-2-31-12-13-32(25(38)24(31)37)28(40)30-20(17-6-4-3-5-7-17)22(35)29-21-23(36)33-14-19(44-26(21)33)27(39)43-15-16-8-10-18(11-9-16)34(41)42/h3-11,19-21,26H,2,12-15H2,1H3,(H,29,35)(H,30,40)/t19-,20+,21+,26+/m0/s1. The van der Waals surface area contributed by atoms with Crippen LogP contribution in [-0.2, 0) is 35.3 Å². The van der Waals surface area contributed by atoms with Crippen LogP contribution < -0.4 is 10.6 Å². The summed E-state index contributed by atoms with van der Waals surface area (Å²) in [4.78, 5) is 90.8. The highest BCUT2D eigenvalue weighted by atomic mass is 32.2. The average Bonchev–Trinajstić information content (AvgIpc) is 3.44. The SMILES string of the molecule is CCN1CCN(C(=O)N[C@@H](C(=O)N[C@@H]2C(=O)N3C[C@@H](C(=O)OCc4ccc([N+](=O)[O-])cc4)S[C@H]23)c2ccccc2)C(=O)C1=O. The number of nitrogens with zero attached hydrogens (tertiary/aromatic N) is 4. The maximum Gasteiger partial charge on any atom is 0.325 e. The Labute approximate surface area is 255 Å². The molecule has 3 aliphatic heterocycles. The van der Waals surface area contributed by atoms with Crippen molar-refractivity contribution < 1.29 is 38.4 Å². The first-order valence-corrected chi connectivity index (χ1v) is 14.7. The van der Waals surface area contributed by atoms with E-state index in [1.165, 1.54) is 34.1 Å². The molecule has 3 aliphatic rings. The molecule has 3 heterocycles. The van der Waals surface area contributed by atoms with Crippen LogP contribution in [0.15, 0.2) is 54.6 Å². The third kappa shape index (κ3) is 6.06. The number of imide groups is 1. The van der Waals surface area contributed by atoms with Crippen molar-refractivity contribution in [2.45, 2.75) is 36.2 Å². The van der Waals surface area contributed by atoms with E-state index in [2.05, 4.69) is 10.6 Å². The minimum Gasteiger partial charge on any atom is -0.460 e. The quantitative estimate of drug-likeness (QED) is 0.131. The highest BCUT2D eigenvalue weighted by Crippen LogP contribution is 2.41. The number of hydrogen-bond acceptors (Lipinski definition) is 10. The van der Waals surface area contributed by atoms with Crippen LogP contribution in [0.4, 0.5) is 10.5 Å². The van der Waals surface area contributed by atoms with E-state index in [0.29, 0.717) is 17.7 Å². The number of thioether (sulfide) groups is 1. The number of rotatable bonds is 9. The van der Waals surface area contributed by atoms with Crippen LogP contribution in [-0.4, -0.2) is 98.1 Å². The predicted octanol–water partition coefficient (Wildman–Crippen LogP) is 0.548. The van der Waals surface area contributed by atoms with E-state index >= 15 is 0 Å². The van der Waals surface area contributed by atoms with Gasteiger partial charge in [0.1, 0.15) is 29.3 Å². The molecular formula is C28H28N6O9S. The molecule has 0 aromatic heterocycles. The van der Waals surface area contributed by atoms with E-state index in [1.807, 2.05) is 0 Å². The normalized spacial score (nSPS) is 21.7. The van der Waals surface area contributed by atoms with E-state index in [9.17, 15) is 38.9 Å². The van der Waals surface area contributed by atoms with Crippen LogP contribution >= 0.6 is 11.8 Å². The molecule has 6 amide bonds. The van der Waals surface area contributed by atoms with Gasteiger partial charge in [-0.15, -0.1) is 11.8 Å². The molecule has 0 radical (unpaired) electrons. The number of likely N-dealkylation sites (N-methyl/N-ethyl adjacent to an activating group) is 1. The van der Waals surface area contributed by atoms with Gasteiger partial charge >= 0.3 is 23.8 Å². The molecule has 0 bridgehead atoms. The third-order valence-corrected chi connectivity index (χ3v) is 8.97. The summed E-state index contributed by atoms with van der Waals surface area (Å²) in [6, 6.07) is 10.6. The minimum atomic E-state index is -1.29. The number of nitrogens with one attached hydrogen (secondary N) is 2. The van der Waals surface area contributed by atoms with Crippen molar-refractivity contribution in [1.82, 2.24) is 25.3 Å². The van der Waals surface area contributed by atoms with Crippen molar-refractivity contribution in [3.05, 3.63) is 75.8 Å². The van der Waals surface area contributed by atoms with Gasteiger partial charge in [0.25, 0.3) is 5.69 Å². The fraction of sp³-hybridized carbons (Fsp3) is 0.357. The Balaban J connectivity index is 1.20. The number of esters is 1. The summed E-state index contributed by atoms with van der Waals surface area (Å²) in [6.07, 6.45) is 0. The number of nitro benzene ring substituents is 1. The molecule has 5 rings (SSSR count). The smallest absolute Gasteiger partial charge is 0.325 e. The fourth-order valence-corrected chi connectivity index (χ4v) is 6.48. The molecule has 2 aromatic carbocycles. The van der Waals surface area contributed by atoms with Crippen LogP contribution in [0.3, 0.4) is 0 Å². The summed E-state index contributed by atoms with van der Waals surface area (Å²) in [6.45, 7) is 2.14. The summed E-state index contributed by atoms with van der Waals surface area (Å²) in [7, 11) is 0. The number of ether oxygens (including phenoxy) is 1.